The summed E-state index contributed by atoms with van der Waals surface area (Å²) in [5.74, 6) is 0.285. The molecule has 1 fully saturated rings. The van der Waals surface area contributed by atoms with Crippen molar-refractivity contribution >= 4 is 22.8 Å². The third kappa shape index (κ3) is 5.07. The quantitative estimate of drug-likeness (QED) is 0.585. The van der Waals surface area contributed by atoms with Crippen molar-refractivity contribution in [2.45, 2.75) is 39.3 Å². The number of anilines is 1. The molecule has 0 saturated carbocycles. The third-order valence-corrected chi connectivity index (χ3v) is 5.96. The number of hydrogen-bond acceptors (Lipinski definition) is 5. The predicted molar refractivity (Wildman–Crippen MR) is 124 cm³/mol. The molecule has 1 saturated heterocycles. The van der Waals surface area contributed by atoms with Crippen molar-refractivity contribution in [1.29, 1.82) is 0 Å². The number of nitrogens with zero attached hydrogens (tertiary/aromatic N) is 5. The first-order valence-electron chi connectivity index (χ1n) is 11.4. The average molecular weight is 439 g/mol. The van der Waals surface area contributed by atoms with Gasteiger partial charge in [-0.25, -0.2) is 14.4 Å². The Morgan fingerprint density at radius 2 is 1.94 bits per heavy atom. The van der Waals surface area contributed by atoms with Crippen LogP contribution in [0.15, 0.2) is 42.9 Å². The molecule has 1 N–H and O–H groups in total. The first kappa shape index (κ1) is 22.2. The van der Waals surface area contributed by atoms with Crippen LogP contribution in [0.25, 0.3) is 10.9 Å². The summed E-state index contributed by atoms with van der Waals surface area (Å²) in [6.45, 7) is 9.22. The Balaban J connectivity index is 1.37. The molecule has 2 aromatic heterocycles. The fourth-order valence-electron chi connectivity index (χ4n) is 4.28. The van der Waals surface area contributed by atoms with E-state index >= 15 is 0 Å². The standard InChI is InChI=1S/C24H31FN6O/c1-3-4-10-31-17-21(20-15-19(25)6-7-22(20)31)23(32)28-18(2)16-29-11-13-30(14-12-29)24-26-8-5-9-27-24/h5-9,15,17-18H,3-4,10-14,16H2,1-2H3,(H,28,32). The monoisotopic (exact) mass is 438 g/mol. The summed E-state index contributed by atoms with van der Waals surface area (Å²) < 4.78 is 16.0. The second-order valence-corrected chi connectivity index (χ2v) is 8.46. The molecule has 0 bridgehead atoms. The molecule has 1 atom stereocenters. The average Bonchev–Trinajstić information content (AvgIpc) is 3.16. The van der Waals surface area contributed by atoms with Gasteiger partial charge in [0.25, 0.3) is 5.91 Å². The SMILES string of the molecule is CCCCn1cc(C(=O)NC(C)CN2CCN(c3ncccn3)CC2)c2cc(F)ccc21. The molecule has 8 heteroatoms. The summed E-state index contributed by atoms with van der Waals surface area (Å²) in [6, 6.07) is 6.47. The number of fused-ring (bicyclic) bond motifs is 1. The van der Waals surface area contributed by atoms with Gasteiger partial charge in [0.15, 0.2) is 0 Å². The summed E-state index contributed by atoms with van der Waals surface area (Å²) in [7, 11) is 0. The predicted octanol–water partition coefficient (Wildman–Crippen LogP) is 3.31. The Bertz CT molecular complexity index is 1050. The molecular weight excluding hydrogens is 407 g/mol. The van der Waals surface area contributed by atoms with Gasteiger partial charge in [-0.15, -0.1) is 0 Å². The highest BCUT2D eigenvalue weighted by Gasteiger charge is 2.22. The molecule has 1 aromatic carbocycles. The number of unbranched alkanes of at least 4 members (excludes halogenated alkanes) is 1. The number of piperazine rings is 1. The van der Waals surface area contributed by atoms with Crippen molar-refractivity contribution in [2.75, 3.05) is 37.6 Å². The second kappa shape index (κ2) is 10.1. The number of rotatable bonds is 8. The van der Waals surface area contributed by atoms with E-state index in [0.717, 1.165) is 63.6 Å². The van der Waals surface area contributed by atoms with E-state index in [0.29, 0.717) is 10.9 Å². The maximum atomic E-state index is 13.9. The van der Waals surface area contributed by atoms with Crippen molar-refractivity contribution in [3.05, 3.63) is 54.2 Å². The molecule has 170 valence electrons. The van der Waals surface area contributed by atoms with Crippen LogP contribution in [0.1, 0.15) is 37.0 Å². The lowest BCUT2D eigenvalue weighted by Crippen LogP contribution is -2.51. The van der Waals surface area contributed by atoms with E-state index in [9.17, 15) is 9.18 Å². The molecule has 7 nitrogen and oxygen atoms in total. The fraction of sp³-hybridized carbons (Fsp3) is 0.458. The van der Waals surface area contributed by atoms with Crippen LogP contribution < -0.4 is 10.2 Å². The summed E-state index contributed by atoms with van der Waals surface area (Å²) in [5, 5.41) is 3.78. The number of aromatic nitrogens is 3. The van der Waals surface area contributed by atoms with Crippen molar-refractivity contribution in [1.82, 2.24) is 24.8 Å². The summed E-state index contributed by atoms with van der Waals surface area (Å²) in [4.78, 5) is 26.2. The van der Waals surface area contributed by atoms with Gasteiger partial charge in [0.05, 0.1) is 5.56 Å². The summed E-state index contributed by atoms with van der Waals surface area (Å²) in [5.41, 5.74) is 1.44. The number of benzene rings is 1. The minimum Gasteiger partial charge on any atom is -0.348 e. The normalized spacial score (nSPS) is 15.8. The maximum absolute atomic E-state index is 13.9. The zero-order valence-corrected chi connectivity index (χ0v) is 18.8. The van der Waals surface area contributed by atoms with Gasteiger partial charge in [-0.1, -0.05) is 13.3 Å². The van der Waals surface area contributed by atoms with Crippen LogP contribution in [0.4, 0.5) is 10.3 Å². The molecule has 3 aromatic rings. The highest BCUT2D eigenvalue weighted by molar-refractivity contribution is 6.07. The van der Waals surface area contributed by atoms with Gasteiger partial charge in [0.1, 0.15) is 5.82 Å². The van der Waals surface area contributed by atoms with E-state index in [4.69, 9.17) is 0 Å². The van der Waals surface area contributed by atoms with Gasteiger partial charge >= 0.3 is 0 Å². The first-order valence-corrected chi connectivity index (χ1v) is 11.4. The lowest BCUT2D eigenvalue weighted by Gasteiger charge is -2.35. The van der Waals surface area contributed by atoms with Crippen molar-refractivity contribution in [3.8, 4) is 0 Å². The van der Waals surface area contributed by atoms with Crippen LogP contribution in [-0.2, 0) is 6.54 Å². The van der Waals surface area contributed by atoms with Crippen molar-refractivity contribution < 1.29 is 9.18 Å². The molecule has 0 radical (unpaired) electrons. The van der Waals surface area contributed by atoms with E-state index in [1.165, 1.54) is 12.1 Å². The first-order chi connectivity index (χ1) is 15.5. The maximum Gasteiger partial charge on any atom is 0.253 e. The number of amides is 1. The van der Waals surface area contributed by atoms with Crippen LogP contribution in [0.5, 0.6) is 0 Å². The Labute approximate surface area is 188 Å². The van der Waals surface area contributed by atoms with Crippen LogP contribution in [-0.4, -0.2) is 64.1 Å². The molecular formula is C24H31FN6O. The van der Waals surface area contributed by atoms with E-state index in [1.54, 1.807) is 18.5 Å². The largest absolute Gasteiger partial charge is 0.348 e. The minimum absolute atomic E-state index is 0.0235. The fourth-order valence-corrected chi connectivity index (χ4v) is 4.28. The molecule has 1 aliphatic rings. The van der Waals surface area contributed by atoms with Gasteiger partial charge in [-0.05, 0) is 37.6 Å². The lowest BCUT2D eigenvalue weighted by atomic mass is 10.1. The van der Waals surface area contributed by atoms with E-state index in [-0.39, 0.29) is 17.8 Å². The Morgan fingerprint density at radius 3 is 2.66 bits per heavy atom. The van der Waals surface area contributed by atoms with Crippen molar-refractivity contribution in [2.24, 2.45) is 0 Å². The lowest BCUT2D eigenvalue weighted by molar-refractivity contribution is 0.0929. The van der Waals surface area contributed by atoms with Gasteiger partial charge < -0.3 is 14.8 Å². The highest BCUT2D eigenvalue weighted by Crippen LogP contribution is 2.23. The zero-order valence-electron chi connectivity index (χ0n) is 18.8. The van der Waals surface area contributed by atoms with Gasteiger partial charge in [-0.2, -0.15) is 0 Å². The number of carbonyl (C=O) groups is 1. The summed E-state index contributed by atoms with van der Waals surface area (Å²) in [6.07, 6.45) is 7.46. The van der Waals surface area contributed by atoms with E-state index in [1.807, 2.05) is 19.2 Å². The molecule has 0 spiro atoms. The van der Waals surface area contributed by atoms with Crippen molar-refractivity contribution in [3.63, 3.8) is 0 Å². The van der Waals surface area contributed by atoms with Crippen LogP contribution in [0.2, 0.25) is 0 Å². The second-order valence-electron chi connectivity index (χ2n) is 8.46. The smallest absolute Gasteiger partial charge is 0.253 e. The van der Waals surface area contributed by atoms with Gasteiger partial charge in [0.2, 0.25) is 5.95 Å². The van der Waals surface area contributed by atoms with Gasteiger partial charge in [0, 0.05) is 74.8 Å². The van der Waals surface area contributed by atoms with Crippen LogP contribution in [0.3, 0.4) is 0 Å². The number of nitrogens with one attached hydrogen (secondary N) is 1. The molecule has 1 amide bonds. The van der Waals surface area contributed by atoms with Gasteiger partial charge in [-0.3, -0.25) is 9.69 Å². The summed E-state index contributed by atoms with van der Waals surface area (Å²) >= 11 is 0. The molecule has 32 heavy (non-hydrogen) atoms. The number of halogens is 1. The Kier molecular flexibility index (Phi) is 6.99. The zero-order chi connectivity index (χ0) is 22.5. The number of aryl methyl sites for hydroxylation is 1. The molecule has 4 rings (SSSR count). The van der Waals surface area contributed by atoms with E-state index in [2.05, 4.69) is 36.6 Å². The number of hydrogen-bond donors (Lipinski definition) is 1. The van der Waals surface area contributed by atoms with E-state index < -0.39 is 0 Å². The highest BCUT2D eigenvalue weighted by atomic mass is 19.1. The van der Waals surface area contributed by atoms with Crippen LogP contribution in [0, 0.1) is 5.82 Å². The Morgan fingerprint density at radius 1 is 1.19 bits per heavy atom. The third-order valence-electron chi connectivity index (χ3n) is 5.96. The minimum atomic E-state index is -0.326. The Hall–Kier alpha value is -3.00. The molecule has 1 unspecified atom stereocenters. The molecule has 0 aliphatic carbocycles. The van der Waals surface area contributed by atoms with Crippen LogP contribution >= 0.6 is 0 Å². The topological polar surface area (TPSA) is 66.3 Å². The molecule has 3 heterocycles. The number of carbonyl (C=O) groups excluding carboxylic acids is 1. The molecule has 1 aliphatic heterocycles.